The van der Waals surface area contributed by atoms with Crippen LogP contribution in [0.2, 0.25) is 0 Å². The van der Waals surface area contributed by atoms with Gasteiger partial charge in [0.25, 0.3) is 0 Å². The van der Waals surface area contributed by atoms with E-state index in [-0.39, 0.29) is 54.5 Å². The molecule has 34 heavy (non-hydrogen) atoms. The normalized spacial score (nSPS) is 11.4. The van der Waals surface area contributed by atoms with Crippen molar-refractivity contribution in [3.05, 3.63) is 91.0 Å². The smallest absolute Gasteiger partial charge is 1.00 e. The molecule has 0 aromatic heterocycles. The molecule has 0 saturated carbocycles. The molecule has 0 saturated heterocycles. The Bertz CT molecular complexity index is 1220. The predicted molar refractivity (Wildman–Crippen MR) is 143 cm³/mol. The third-order valence-corrected chi connectivity index (χ3v) is 9.18. The summed E-state index contributed by atoms with van der Waals surface area (Å²) in [7, 11) is -0.185. The van der Waals surface area contributed by atoms with Crippen LogP contribution in [0.5, 0.6) is 0 Å². The molecule has 5 aromatic carbocycles. The fourth-order valence-corrected chi connectivity index (χ4v) is 9.05. The summed E-state index contributed by atoms with van der Waals surface area (Å²) in [4.78, 5) is 0. The average molecular weight is 543 g/mol. The van der Waals surface area contributed by atoms with Gasteiger partial charge < -0.3 is 24.8 Å². The first kappa shape index (κ1) is 30.9. The Kier molecular flexibility index (Phi) is 11.1. The van der Waals surface area contributed by atoms with Crippen LogP contribution in [-0.2, 0) is 21.7 Å². The van der Waals surface area contributed by atoms with Crippen molar-refractivity contribution in [3.63, 3.8) is 0 Å². The van der Waals surface area contributed by atoms with E-state index in [0.29, 0.717) is 10.3 Å². The molecule has 5 aromatic rings. The van der Waals surface area contributed by atoms with Gasteiger partial charge in [-0.15, -0.1) is 80.1 Å². The van der Waals surface area contributed by atoms with Crippen LogP contribution >= 0.6 is 7.92 Å². The molecular formula is C30H33Cl2PTi. The quantitative estimate of drug-likeness (QED) is 0.173. The zero-order valence-corrected chi connectivity index (χ0v) is 24.8. The van der Waals surface area contributed by atoms with Crippen molar-refractivity contribution in [1.29, 1.82) is 0 Å². The second-order valence-corrected chi connectivity index (χ2v) is 14.2. The van der Waals surface area contributed by atoms with Crippen molar-refractivity contribution in [1.82, 2.24) is 0 Å². The molecule has 0 aliphatic rings. The van der Waals surface area contributed by atoms with Gasteiger partial charge in [-0.1, -0.05) is 91.9 Å². The molecule has 0 atom stereocenters. The minimum atomic E-state index is -0.185. The van der Waals surface area contributed by atoms with E-state index in [4.69, 9.17) is 0 Å². The topological polar surface area (TPSA) is 0 Å². The Morgan fingerprint density at radius 2 is 0.971 bits per heavy atom. The van der Waals surface area contributed by atoms with Crippen LogP contribution in [0.3, 0.4) is 0 Å². The van der Waals surface area contributed by atoms with Crippen molar-refractivity contribution in [2.75, 3.05) is 0 Å². The van der Waals surface area contributed by atoms with Crippen LogP contribution in [0.4, 0.5) is 0 Å². The fraction of sp³-hybridized carbons (Fsp3) is 0.267. The summed E-state index contributed by atoms with van der Waals surface area (Å²) in [6.45, 7) is 14.3. The fourth-order valence-electron chi connectivity index (χ4n) is 4.95. The van der Waals surface area contributed by atoms with E-state index < -0.39 is 0 Å². The molecule has 5 rings (SSSR count). The van der Waals surface area contributed by atoms with E-state index in [9.17, 15) is 0 Å². The number of rotatable bonds is 1. The van der Waals surface area contributed by atoms with E-state index in [2.05, 4.69) is 133 Å². The maximum Gasteiger partial charge on any atom is 4.00 e. The maximum atomic E-state index is 2.40. The third-order valence-electron chi connectivity index (χ3n) is 5.73. The minimum absolute atomic E-state index is 0. The molecule has 0 aliphatic carbocycles. The van der Waals surface area contributed by atoms with Crippen LogP contribution in [0, 0.1) is 0 Å². The summed E-state index contributed by atoms with van der Waals surface area (Å²) in [5, 5.41) is 10.4. The number of hydrogen-bond donors (Lipinski definition) is 0. The summed E-state index contributed by atoms with van der Waals surface area (Å²) >= 11 is 0. The summed E-state index contributed by atoms with van der Waals surface area (Å²) in [5.41, 5.74) is 0. The van der Waals surface area contributed by atoms with Crippen LogP contribution < -0.4 is 30.1 Å². The maximum absolute atomic E-state index is 2.40. The minimum Gasteiger partial charge on any atom is -1.00 e. The van der Waals surface area contributed by atoms with Gasteiger partial charge in [0.15, 0.2) is 0 Å². The van der Waals surface area contributed by atoms with Crippen molar-refractivity contribution in [3.8, 4) is 0 Å². The van der Waals surface area contributed by atoms with E-state index in [1.807, 2.05) is 0 Å². The second kappa shape index (κ2) is 12.2. The van der Waals surface area contributed by atoms with Gasteiger partial charge in [0.05, 0.1) is 0 Å². The third kappa shape index (κ3) is 6.75. The molecule has 0 unspecified atom stereocenters. The van der Waals surface area contributed by atoms with Gasteiger partial charge in [-0.2, -0.15) is 6.07 Å². The Hall–Kier alpha value is -1.14. The summed E-state index contributed by atoms with van der Waals surface area (Å²) < 4.78 is 0. The van der Waals surface area contributed by atoms with E-state index in [1.54, 1.807) is 5.30 Å². The van der Waals surface area contributed by atoms with Crippen LogP contribution in [-0.4, -0.2) is 10.3 Å². The molecule has 0 fully saturated rings. The molecule has 0 nitrogen and oxygen atoms in total. The van der Waals surface area contributed by atoms with Gasteiger partial charge in [-0.3, -0.25) is 0 Å². The molecule has 0 bridgehead atoms. The molecule has 0 N–H and O–H groups in total. The zero-order chi connectivity index (χ0) is 22.2. The Morgan fingerprint density at radius 3 is 1.41 bits per heavy atom. The molecule has 0 heterocycles. The molecule has 4 heteroatoms. The van der Waals surface area contributed by atoms with Gasteiger partial charge in [0.2, 0.25) is 0 Å². The van der Waals surface area contributed by atoms with E-state index in [1.165, 1.54) is 32.3 Å². The predicted octanol–water partition coefficient (Wildman–Crippen LogP) is 2.98. The van der Waals surface area contributed by atoms with Gasteiger partial charge in [0.1, 0.15) is 0 Å². The Balaban J connectivity index is 0.000000323. The first-order chi connectivity index (χ1) is 14.6. The van der Waals surface area contributed by atoms with Crippen LogP contribution in [0.15, 0.2) is 91.0 Å². The van der Waals surface area contributed by atoms with Crippen molar-refractivity contribution >= 4 is 45.5 Å². The van der Waals surface area contributed by atoms with Crippen LogP contribution in [0.25, 0.3) is 32.3 Å². The van der Waals surface area contributed by atoms with Gasteiger partial charge in [-0.05, 0) is 10.3 Å². The average Bonchev–Trinajstić information content (AvgIpc) is 3.27. The molecule has 0 spiro atoms. The number of halogens is 2. The molecule has 0 radical (unpaired) electrons. The Labute approximate surface area is 233 Å². The standard InChI is InChI=1S/C17H24P.C13H9.2ClH.Ti/c1-16(2,3)18(17(4,5)6)15-11-13-9-7-8-10-14(13)12-15;1-3-7-12-10(5-1)9-11-6-2-4-8-13(11)12;;;/h7-12H,1-6H3;1-9H;2*1H;/q2*-1;;;+4/p-2. The summed E-state index contributed by atoms with van der Waals surface area (Å²) in [6, 6.07) is 32.8. The SMILES string of the molecule is CC(C)(C)P(c1cc2ccccc2[cH-]1)C(C)(C)C.[Cl-].[Cl-].[Ti+4].c1ccc2c(c1)[cH-]c1ccccc12. The van der Waals surface area contributed by atoms with Gasteiger partial charge in [-0.25, -0.2) is 0 Å². The number of fused-ring (bicyclic) bond motifs is 4. The summed E-state index contributed by atoms with van der Waals surface area (Å²) in [6.07, 6.45) is 0. The van der Waals surface area contributed by atoms with Gasteiger partial charge in [0, 0.05) is 0 Å². The van der Waals surface area contributed by atoms with Crippen molar-refractivity contribution in [2.45, 2.75) is 51.9 Å². The molecule has 176 valence electrons. The first-order valence-electron chi connectivity index (χ1n) is 11.1. The zero-order valence-electron chi connectivity index (χ0n) is 20.9. The number of benzene rings is 3. The molecule has 0 amide bonds. The first-order valence-corrected chi connectivity index (χ1v) is 12.5. The van der Waals surface area contributed by atoms with Crippen LogP contribution in [0.1, 0.15) is 41.5 Å². The summed E-state index contributed by atoms with van der Waals surface area (Å²) in [5.74, 6) is 0. The monoisotopic (exact) mass is 542 g/mol. The van der Waals surface area contributed by atoms with Gasteiger partial charge >= 0.3 is 21.7 Å². The van der Waals surface area contributed by atoms with E-state index >= 15 is 0 Å². The van der Waals surface area contributed by atoms with Crippen molar-refractivity contribution < 1.29 is 46.5 Å². The largest absolute Gasteiger partial charge is 4.00 e. The molecule has 0 aliphatic heterocycles. The van der Waals surface area contributed by atoms with E-state index in [0.717, 1.165) is 0 Å². The number of hydrogen-bond acceptors (Lipinski definition) is 0. The Morgan fingerprint density at radius 1 is 0.559 bits per heavy atom. The molecular weight excluding hydrogens is 510 g/mol. The van der Waals surface area contributed by atoms with Crippen molar-refractivity contribution in [2.24, 2.45) is 0 Å². The second-order valence-electron chi connectivity index (χ2n) is 10.3.